The van der Waals surface area contributed by atoms with E-state index in [4.69, 9.17) is 9.47 Å². The Labute approximate surface area is 196 Å². The van der Waals surface area contributed by atoms with Gasteiger partial charge in [-0.2, -0.15) is 0 Å². The van der Waals surface area contributed by atoms with Crippen LogP contribution in [0.2, 0.25) is 0 Å². The van der Waals surface area contributed by atoms with Crippen LogP contribution in [0.3, 0.4) is 0 Å². The first-order chi connectivity index (χ1) is 16.3. The van der Waals surface area contributed by atoms with Gasteiger partial charge in [0.05, 0.1) is 31.0 Å². The molecule has 2 aromatic rings. The van der Waals surface area contributed by atoms with Crippen molar-refractivity contribution >= 4 is 28.5 Å². The molecule has 2 aliphatic rings. The van der Waals surface area contributed by atoms with Crippen molar-refractivity contribution in [1.82, 2.24) is 9.47 Å². The summed E-state index contributed by atoms with van der Waals surface area (Å²) in [5, 5.41) is 9.49. The van der Waals surface area contributed by atoms with E-state index in [1.54, 1.807) is 11.5 Å². The number of rotatable bonds is 8. The van der Waals surface area contributed by atoms with Gasteiger partial charge in [0, 0.05) is 44.5 Å². The summed E-state index contributed by atoms with van der Waals surface area (Å²) >= 11 is 0. The van der Waals surface area contributed by atoms with Gasteiger partial charge < -0.3 is 24.0 Å². The molecule has 4 rings (SSSR count). The van der Waals surface area contributed by atoms with E-state index in [-0.39, 0.29) is 40.4 Å². The Hall–Kier alpha value is -3.14. The second kappa shape index (κ2) is 9.61. The van der Waals surface area contributed by atoms with Gasteiger partial charge in [0.15, 0.2) is 11.6 Å². The zero-order valence-electron chi connectivity index (χ0n) is 19.7. The zero-order chi connectivity index (χ0) is 24.6. The number of methoxy groups -OCH3 is 1. The predicted octanol–water partition coefficient (Wildman–Crippen LogP) is 2.65. The maximum absolute atomic E-state index is 15.5. The van der Waals surface area contributed by atoms with Crippen molar-refractivity contribution in [3.63, 3.8) is 0 Å². The molecule has 2 fully saturated rings. The van der Waals surface area contributed by atoms with Crippen molar-refractivity contribution in [2.45, 2.75) is 45.2 Å². The molecule has 10 heteroatoms. The molecule has 9 nitrogen and oxygen atoms in total. The van der Waals surface area contributed by atoms with E-state index in [0.29, 0.717) is 44.7 Å². The van der Waals surface area contributed by atoms with E-state index in [2.05, 4.69) is 4.90 Å². The van der Waals surface area contributed by atoms with Crippen molar-refractivity contribution in [1.29, 1.82) is 0 Å². The highest BCUT2D eigenvalue weighted by Gasteiger charge is 2.33. The van der Waals surface area contributed by atoms with E-state index < -0.39 is 17.2 Å². The van der Waals surface area contributed by atoms with E-state index in [9.17, 15) is 19.5 Å². The van der Waals surface area contributed by atoms with Gasteiger partial charge in [-0.3, -0.25) is 14.5 Å². The fourth-order valence-corrected chi connectivity index (χ4v) is 4.72. The summed E-state index contributed by atoms with van der Waals surface area (Å²) < 4.78 is 27.9. The number of aromatic carboxylic acids is 1. The lowest BCUT2D eigenvalue weighted by Crippen LogP contribution is -2.52. The number of hydrogen-bond acceptors (Lipinski definition) is 7. The third-order valence-electron chi connectivity index (χ3n) is 6.56. The Bertz CT molecular complexity index is 1180. The summed E-state index contributed by atoms with van der Waals surface area (Å²) in [6.07, 6.45) is 3.35. The van der Waals surface area contributed by atoms with Crippen molar-refractivity contribution in [2.24, 2.45) is 0 Å². The van der Waals surface area contributed by atoms with Crippen LogP contribution in [-0.4, -0.2) is 72.4 Å². The highest BCUT2D eigenvalue weighted by Crippen LogP contribution is 2.44. The van der Waals surface area contributed by atoms with Crippen molar-refractivity contribution < 1.29 is 28.6 Å². The number of carboxylic acid groups (broad SMARTS) is 1. The number of esters is 1. The lowest BCUT2D eigenvalue weighted by Gasteiger charge is -2.41. The third-order valence-corrected chi connectivity index (χ3v) is 6.56. The molecule has 1 atom stereocenters. The smallest absolute Gasteiger partial charge is 0.341 e. The van der Waals surface area contributed by atoms with Gasteiger partial charge in [-0.15, -0.1) is 0 Å². The molecule has 2 heterocycles. The second-order valence-corrected chi connectivity index (χ2v) is 8.84. The average Bonchev–Trinajstić information content (AvgIpc) is 3.63. The number of piperazine rings is 1. The fourth-order valence-electron chi connectivity index (χ4n) is 4.72. The Morgan fingerprint density at radius 2 is 2.00 bits per heavy atom. The molecular formula is C24H30FN3O6. The van der Waals surface area contributed by atoms with Crippen LogP contribution in [0.15, 0.2) is 17.1 Å². The number of carboxylic acids is 1. The topological polar surface area (TPSA) is 101 Å². The van der Waals surface area contributed by atoms with Crippen molar-refractivity contribution in [3.05, 3.63) is 33.9 Å². The van der Waals surface area contributed by atoms with Crippen LogP contribution in [0.1, 0.15) is 49.5 Å². The Kier molecular flexibility index (Phi) is 6.79. The Morgan fingerprint density at radius 1 is 1.26 bits per heavy atom. The highest BCUT2D eigenvalue weighted by atomic mass is 19.1. The van der Waals surface area contributed by atoms with E-state index >= 15 is 4.39 Å². The quantitative estimate of drug-likeness (QED) is 0.582. The lowest BCUT2D eigenvalue weighted by atomic mass is 10.1. The molecule has 0 bridgehead atoms. The molecule has 1 aliphatic heterocycles. The number of ether oxygens (including phenoxy) is 2. The highest BCUT2D eigenvalue weighted by molar-refractivity contribution is 5.97. The first-order valence-electron chi connectivity index (χ1n) is 11.6. The van der Waals surface area contributed by atoms with Gasteiger partial charge in [-0.1, -0.05) is 0 Å². The fraction of sp³-hybridized carbons (Fsp3) is 0.542. The molecule has 1 aromatic carbocycles. The molecule has 0 spiro atoms. The maximum atomic E-state index is 15.5. The maximum Gasteiger partial charge on any atom is 0.341 e. The number of nitrogens with zero attached hydrogens (tertiary/aromatic N) is 3. The molecule has 184 valence electrons. The zero-order valence-corrected chi connectivity index (χ0v) is 19.7. The molecule has 34 heavy (non-hydrogen) atoms. The van der Waals surface area contributed by atoms with Crippen LogP contribution < -0.4 is 15.1 Å². The van der Waals surface area contributed by atoms with Crippen LogP contribution in [-0.2, 0) is 9.53 Å². The predicted molar refractivity (Wildman–Crippen MR) is 124 cm³/mol. The summed E-state index contributed by atoms with van der Waals surface area (Å²) in [6, 6.07) is 1.23. The third kappa shape index (κ3) is 4.46. The van der Waals surface area contributed by atoms with E-state index in [1.165, 1.54) is 13.3 Å². The van der Waals surface area contributed by atoms with Gasteiger partial charge in [-0.05, 0) is 32.8 Å². The second-order valence-electron chi connectivity index (χ2n) is 8.84. The monoisotopic (exact) mass is 475 g/mol. The molecule has 1 aromatic heterocycles. The minimum absolute atomic E-state index is 0.00557. The number of halogens is 1. The molecule has 0 radical (unpaired) electrons. The summed E-state index contributed by atoms with van der Waals surface area (Å²) in [5.74, 6) is -1.96. The molecule has 1 unspecified atom stereocenters. The normalized spacial score (nSPS) is 18.8. The summed E-state index contributed by atoms with van der Waals surface area (Å²) in [7, 11) is 1.43. The van der Waals surface area contributed by atoms with Gasteiger partial charge in [0.25, 0.3) is 0 Å². The molecule has 1 saturated carbocycles. The lowest BCUT2D eigenvalue weighted by molar-refractivity contribution is -0.143. The molecule has 1 saturated heterocycles. The molecular weight excluding hydrogens is 445 g/mol. The summed E-state index contributed by atoms with van der Waals surface area (Å²) in [5.41, 5.74) is -0.407. The van der Waals surface area contributed by atoms with Gasteiger partial charge in [0.2, 0.25) is 5.43 Å². The van der Waals surface area contributed by atoms with Gasteiger partial charge in [0.1, 0.15) is 11.3 Å². The standard InChI is InChI=1S/C24H30FN3O6/c1-4-34-19(29)7-8-26-9-10-27(12-14(26)2)21-18(25)11-16-20(23(21)33-3)28(15-5-6-15)13-17(22(16)30)24(31)32/h11,13-15H,4-10,12H2,1-3H3,(H,31,32). The van der Waals surface area contributed by atoms with Crippen LogP contribution in [0.4, 0.5) is 10.1 Å². The van der Waals surface area contributed by atoms with Crippen LogP contribution in [0.25, 0.3) is 10.9 Å². The summed E-state index contributed by atoms with van der Waals surface area (Å²) in [4.78, 5) is 40.3. The number of carbonyl (C=O) groups is 2. The molecule has 1 aliphatic carbocycles. The van der Waals surface area contributed by atoms with Crippen molar-refractivity contribution in [3.8, 4) is 5.75 Å². The first kappa shape index (κ1) is 24.0. The number of aromatic nitrogens is 1. The number of anilines is 1. The van der Waals surface area contributed by atoms with Crippen LogP contribution in [0, 0.1) is 5.82 Å². The minimum atomic E-state index is -1.34. The van der Waals surface area contributed by atoms with E-state index in [0.717, 1.165) is 18.9 Å². The van der Waals surface area contributed by atoms with Crippen molar-refractivity contribution in [2.75, 3.05) is 44.8 Å². The number of hydrogen-bond donors (Lipinski definition) is 1. The first-order valence-corrected chi connectivity index (χ1v) is 11.6. The average molecular weight is 476 g/mol. The van der Waals surface area contributed by atoms with Crippen LogP contribution >= 0.6 is 0 Å². The Morgan fingerprint density at radius 3 is 2.59 bits per heavy atom. The Balaban J connectivity index is 1.70. The number of pyridine rings is 1. The number of benzene rings is 1. The van der Waals surface area contributed by atoms with Crippen LogP contribution in [0.5, 0.6) is 5.75 Å². The number of fused-ring (bicyclic) bond motifs is 1. The van der Waals surface area contributed by atoms with Gasteiger partial charge in [-0.25, -0.2) is 9.18 Å². The minimum Gasteiger partial charge on any atom is -0.492 e. The number of carbonyl (C=O) groups excluding carboxylic acids is 1. The molecule has 1 N–H and O–H groups in total. The molecule has 0 amide bonds. The SMILES string of the molecule is CCOC(=O)CCN1CCN(c2c(F)cc3c(=O)c(C(=O)O)cn(C4CC4)c3c2OC)CC1C. The van der Waals surface area contributed by atoms with Gasteiger partial charge >= 0.3 is 11.9 Å². The summed E-state index contributed by atoms with van der Waals surface area (Å²) in [6.45, 7) is 6.33. The largest absolute Gasteiger partial charge is 0.492 e. The van der Waals surface area contributed by atoms with E-state index in [1.807, 2.05) is 11.8 Å².